The smallest absolute Gasteiger partial charge is 0.305 e. The molecule has 3 aliphatic carbocycles. The number of unbranched alkanes of at least 4 members (excludes halogenated alkanes) is 4. The zero-order chi connectivity index (χ0) is 19.2. The summed E-state index contributed by atoms with van der Waals surface area (Å²) in [6.07, 6.45) is 14.8. The van der Waals surface area contributed by atoms with E-state index in [1.165, 1.54) is 32.8 Å². The van der Waals surface area contributed by atoms with Crippen LogP contribution in [0.2, 0.25) is 0 Å². The molecule has 0 unspecified atom stereocenters. The molecule has 0 N–H and O–H groups in total. The molecule has 0 amide bonds. The van der Waals surface area contributed by atoms with Crippen LogP contribution in [0.15, 0.2) is 12.2 Å². The van der Waals surface area contributed by atoms with E-state index in [4.69, 9.17) is 0 Å². The second kappa shape index (κ2) is 9.58. The minimum Gasteiger partial charge on any atom is -0.469 e. The highest BCUT2D eigenvalue weighted by atomic mass is 16.5. The average Bonchev–Trinajstić information content (AvgIpc) is 3.35. The van der Waals surface area contributed by atoms with Crippen molar-refractivity contribution in [1.29, 1.82) is 0 Å². The van der Waals surface area contributed by atoms with Crippen LogP contribution in [0.4, 0.5) is 0 Å². The summed E-state index contributed by atoms with van der Waals surface area (Å²) in [5.41, 5.74) is 0. The van der Waals surface area contributed by atoms with Crippen molar-refractivity contribution < 1.29 is 14.3 Å². The fourth-order valence-corrected chi connectivity index (χ4v) is 5.81. The minimum atomic E-state index is -0.106. The van der Waals surface area contributed by atoms with Crippen LogP contribution in [0.5, 0.6) is 0 Å². The van der Waals surface area contributed by atoms with Crippen molar-refractivity contribution in [2.24, 2.45) is 35.5 Å². The Kier molecular flexibility index (Phi) is 7.16. The van der Waals surface area contributed by atoms with Gasteiger partial charge in [-0.3, -0.25) is 9.59 Å². The first-order valence-electron chi connectivity index (χ1n) is 10.9. The molecule has 0 radical (unpaired) electrons. The van der Waals surface area contributed by atoms with Gasteiger partial charge in [0.2, 0.25) is 0 Å². The Bertz CT molecular complexity index is 623. The summed E-state index contributed by atoms with van der Waals surface area (Å²) in [7, 11) is 1.45. The number of allylic oxidation sites excluding steroid dienone is 2. The van der Waals surface area contributed by atoms with Crippen LogP contribution >= 0.6 is 0 Å². The quantitative estimate of drug-likeness (QED) is 0.250. The third kappa shape index (κ3) is 4.48. The third-order valence-electron chi connectivity index (χ3n) is 7.00. The molecule has 0 spiro atoms. The number of carbonyl (C=O) groups is 2. The van der Waals surface area contributed by atoms with Crippen LogP contribution in [0, 0.1) is 47.3 Å². The standard InChI is InChI=1S/C24H34O3/c1-3-4-8-12-20-19(11-9-6-5-7-10-13-21(25)27-2)22-17-14-15-18(16-17)23(22)24(20)26/h14-15,17-20,22-23H,3,5-7,9-13,16H2,1-2H3/t17-,18+,19-,20-,22+,23+/m1/s1. The van der Waals surface area contributed by atoms with Gasteiger partial charge in [-0.15, -0.1) is 11.8 Å². The molecule has 3 aliphatic rings. The normalized spacial score (nSPS) is 33.0. The summed E-state index contributed by atoms with van der Waals surface area (Å²) < 4.78 is 4.68. The van der Waals surface area contributed by atoms with E-state index in [0.29, 0.717) is 41.8 Å². The van der Waals surface area contributed by atoms with Gasteiger partial charge in [-0.25, -0.2) is 0 Å². The number of ketones is 1. The van der Waals surface area contributed by atoms with Gasteiger partial charge < -0.3 is 4.74 Å². The van der Waals surface area contributed by atoms with Crippen LogP contribution in [-0.4, -0.2) is 18.9 Å². The van der Waals surface area contributed by atoms with Crippen molar-refractivity contribution in [2.75, 3.05) is 7.11 Å². The minimum absolute atomic E-state index is 0.106. The van der Waals surface area contributed by atoms with Gasteiger partial charge in [0.15, 0.2) is 0 Å². The zero-order valence-electron chi connectivity index (χ0n) is 16.9. The Morgan fingerprint density at radius 3 is 2.63 bits per heavy atom. The topological polar surface area (TPSA) is 43.4 Å². The van der Waals surface area contributed by atoms with E-state index >= 15 is 0 Å². The Balaban J connectivity index is 1.49. The van der Waals surface area contributed by atoms with Crippen LogP contribution in [0.25, 0.3) is 0 Å². The summed E-state index contributed by atoms with van der Waals surface area (Å²) in [6.45, 7) is 2.07. The van der Waals surface area contributed by atoms with Gasteiger partial charge in [-0.05, 0) is 42.9 Å². The summed E-state index contributed by atoms with van der Waals surface area (Å²) in [6, 6.07) is 0. The van der Waals surface area contributed by atoms with Crippen molar-refractivity contribution in [3.05, 3.63) is 12.2 Å². The molecule has 27 heavy (non-hydrogen) atoms. The molecule has 0 aromatic carbocycles. The number of ether oxygens (including phenoxy) is 1. The lowest BCUT2D eigenvalue weighted by Gasteiger charge is -2.26. The molecule has 3 rings (SSSR count). The van der Waals surface area contributed by atoms with Crippen LogP contribution in [0.1, 0.15) is 71.1 Å². The molecule has 0 aromatic heterocycles. The van der Waals surface area contributed by atoms with Crippen molar-refractivity contribution in [1.82, 2.24) is 0 Å². The second-order valence-corrected chi connectivity index (χ2v) is 8.52. The first-order valence-corrected chi connectivity index (χ1v) is 10.9. The predicted octanol–water partition coefficient (Wildman–Crippen LogP) is 4.95. The molecule has 3 nitrogen and oxygen atoms in total. The second-order valence-electron chi connectivity index (χ2n) is 8.52. The van der Waals surface area contributed by atoms with E-state index in [-0.39, 0.29) is 11.9 Å². The maximum atomic E-state index is 13.1. The van der Waals surface area contributed by atoms with E-state index in [9.17, 15) is 9.59 Å². The van der Waals surface area contributed by atoms with Gasteiger partial charge in [-0.1, -0.05) is 44.8 Å². The Labute approximate surface area is 164 Å². The first-order chi connectivity index (χ1) is 13.2. The van der Waals surface area contributed by atoms with Crippen molar-refractivity contribution in [3.63, 3.8) is 0 Å². The van der Waals surface area contributed by atoms with Gasteiger partial charge in [0.1, 0.15) is 5.78 Å². The molecular formula is C24H34O3. The van der Waals surface area contributed by atoms with Gasteiger partial charge in [0.25, 0.3) is 0 Å². The van der Waals surface area contributed by atoms with E-state index in [2.05, 4.69) is 35.7 Å². The Morgan fingerprint density at radius 1 is 1.11 bits per heavy atom. The monoisotopic (exact) mass is 370 g/mol. The van der Waals surface area contributed by atoms with Crippen molar-refractivity contribution >= 4 is 11.8 Å². The van der Waals surface area contributed by atoms with E-state index in [0.717, 1.165) is 32.1 Å². The Morgan fingerprint density at radius 2 is 1.85 bits per heavy atom. The summed E-state index contributed by atoms with van der Waals surface area (Å²) in [4.78, 5) is 24.2. The number of rotatable bonds is 9. The lowest BCUT2D eigenvalue weighted by Crippen LogP contribution is -2.22. The number of carbonyl (C=O) groups excluding carboxylic acids is 2. The fraction of sp³-hybridized carbons (Fsp3) is 0.750. The fourth-order valence-electron chi connectivity index (χ4n) is 5.81. The highest BCUT2D eigenvalue weighted by molar-refractivity contribution is 5.88. The molecule has 2 saturated carbocycles. The highest BCUT2D eigenvalue weighted by Crippen LogP contribution is 2.59. The first kappa shape index (κ1) is 20.2. The summed E-state index contributed by atoms with van der Waals surface area (Å²) >= 11 is 0. The lowest BCUT2D eigenvalue weighted by molar-refractivity contribution is -0.140. The molecule has 0 aliphatic heterocycles. The van der Waals surface area contributed by atoms with Crippen LogP contribution in [-0.2, 0) is 14.3 Å². The summed E-state index contributed by atoms with van der Waals surface area (Å²) in [5.74, 6) is 9.58. The van der Waals surface area contributed by atoms with E-state index < -0.39 is 0 Å². The molecule has 0 heterocycles. The molecule has 3 heteroatoms. The van der Waals surface area contributed by atoms with Gasteiger partial charge in [0.05, 0.1) is 7.11 Å². The number of esters is 1. The van der Waals surface area contributed by atoms with E-state index in [1.807, 2.05) is 0 Å². The largest absolute Gasteiger partial charge is 0.469 e. The van der Waals surface area contributed by atoms with Gasteiger partial charge >= 0.3 is 5.97 Å². The zero-order valence-corrected chi connectivity index (χ0v) is 16.9. The molecule has 148 valence electrons. The number of fused-ring (bicyclic) bond motifs is 5. The highest BCUT2D eigenvalue weighted by Gasteiger charge is 2.58. The maximum Gasteiger partial charge on any atom is 0.305 e. The van der Waals surface area contributed by atoms with Crippen LogP contribution in [0.3, 0.4) is 0 Å². The third-order valence-corrected chi connectivity index (χ3v) is 7.00. The molecule has 0 aromatic rings. The molecular weight excluding hydrogens is 336 g/mol. The van der Waals surface area contributed by atoms with Gasteiger partial charge in [0, 0.05) is 31.1 Å². The van der Waals surface area contributed by atoms with Gasteiger partial charge in [-0.2, -0.15) is 0 Å². The summed E-state index contributed by atoms with van der Waals surface area (Å²) in [5, 5.41) is 0. The number of hydrogen-bond donors (Lipinski definition) is 0. The molecule has 0 saturated heterocycles. The Hall–Kier alpha value is -1.56. The predicted molar refractivity (Wildman–Crippen MR) is 107 cm³/mol. The molecule has 6 atom stereocenters. The number of Topliss-reactive ketones (excluding diaryl/α,β-unsaturated/α-hetero) is 1. The van der Waals surface area contributed by atoms with Crippen molar-refractivity contribution in [2.45, 2.75) is 71.1 Å². The maximum absolute atomic E-state index is 13.1. The number of methoxy groups -OCH3 is 1. The van der Waals surface area contributed by atoms with E-state index in [1.54, 1.807) is 0 Å². The SMILES string of the molecule is CCC#CC[C@H]1C(=O)[C@@H]2[C@H]([C@@H]1CCCCCCCC(=O)OC)[C@@H]1C=C[C@H]2C1. The number of hydrogen-bond acceptors (Lipinski definition) is 3. The molecule has 2 fully saturated rings. The van der Waals surface area contributed by atoms with Crippen molar-refractivity contribution in [3.8, 4) is 11.8 Å². The molecule has 2 bridgehead atoms. The lowest BCUT2D eigenvalue weighted by atomic mass is 9.77. The van der Waals surface area contributed by atoms with Crippen LogP contribution < -0.4 is 0 Å². The average molecular weight is 371 g/mol.